The Morgan fingerprint density at radius 3 is 2.29 bits per heavy atom. The normalized spacial score (nSPS) is 15.3. The second kappa shape index (κ2) is 9.39. The van der Waals surface area contributed by atoms with Crippen LogP contribution in [0.15, 0.2) is 24.3 Å². The fraction of sp³-hybridized carbons (Fsp3) is 0.556. The fourth-order valence-electron chi connectivity index (χ4n) is 2.73. The van der Waals surface area contributed by atoms with Crippen LogP contribution in [0.2, 0.25) is 0 Å². The summed E-state index contributed by atoms with van der Waals surface area (Å²) in [4.78, 5) is 28.7. The van der Waals surface area contributed by atoms with Gasteiger partial charge in [-0.25, -0.2) is 0 Å². The fourth-order valence-corrected chi connectivity index (χ4v) is 2.73. The number of benzene rings is 1. The molecule has 1 N–H and O–H groups in total. The van der Waals surface area contributed by atoms with E-state index >= 15 is 0 Å². The third-order valence-electron chi connectivity index (χ3n) is 4.31. The van der Waals surface area contributed by atoms with Gasteiger partial charge in [-0.15, -0.1) is 0 Å². The Labute approximate surface area is 143 Å². The molecule has 1 aliphatic heterocycles. The van der Waals surface area contributed by atoms with Gasteiger partial charge in [0.05, 0.1) is 0 Å². The van der Waals surface area contributed by atoms with Gasteiger partial charge in [-0.1, -0.05) is 6.92 Å². The number of nitrogens with zero attached hydrogens (tertiary/aromatic N) is 2. The van der Waals surface area contributed by atoms with Crippen LogP contribution in [-0.2, 0) is 4.74 Å². The van der Waals surface area contributed by atoms with Gasteiger partial charge in [0, 0.05) is 57.6 Å². The lowest BCUT2D eigenvalue weighted by molar-refractivity contribution is 0.0643. The molecule has 1 aromatic rings. The van der Waals surface area contributed by atoms with Gasteiger partial charge in [0.2, 0.25) is 0 Å². The lowest BCUT2D eigenvalue weighted by atomic mass is 10.1. The molecule has 0 unspecified atom stereocenters. The molecule has 0 saturated carbocycles. The number of piperazine rings is 1. The molecule has 1 aliphatic rings. The van der Waals surface area contributed by atoms with Gasteiger partial charge in [-0.2, -0.15) is 0 Å². The average Bonchev–Trinajstić information content (AvgIpc) is 2.64. The number of carbonyl (C=O) groups excluding carboxylic acids is 2. The van der Waals surface area contributed by atoms with Crippen LogP contribution in [0.25, 0.3) is 0 Å². The van der Waals surface area contributed by atoms with Crippen molar-refractivity contribution in [3.05, 3.63) is 35.4 Å². The van der Waals surface area contributed by atoms with Gasteiger partial charge in [0.25, 0.3) is 11.8 Å². The molecular formula is C18H27N3O3. The molecule has 0 aliphatic carbocycles. The van der Waals surface area contributed by atoms with Crippen LogP contribution < -0.4 is 5.32 Å². The number of rotatable bonds is 7. The van der Waals surface area contributed by atoms with Crippen LogP contribution in [0.5, 0.6) is 0 Å². The maximum absolute atomic E-state index is 12.5. The lowest BCUT2D eigenvalue weighted by Gasteiger charge is -2.34. The van der Waals surface area contributed by atoms with Crippen molar-refractivity contribution in [3.8, 4) is 0 Å². The molecule has 2 rings (SSSR count). The molecule has 1 aromatic carbocycles. The molecule has 2 amide bonds. The third kappa shape index (κ3) is 5.04. The first-order chi connectivity index (χ1) is 11.7. The van der Waals surface area contributed by atoms with E-state index < -0.39 is 0 Å². The molecule has 6 heteroatoms. The largest absolute Gasteiger partial charge is 0.385 e. The number of nitrogens with one attached hydrogen (secondary N) is 1. The van der Waals surface area contributed by atoms with Crippen molar-refractivity contribution in [3.63, 3.8) is 0 Å². The van der Waals surface area contributed by atoms with Crippen molar-refractivity contribution < 1.29 is 14.3 Å². The molecular weight excluding hydrogens is 306 g/mol. The zero-order valence-corrected chi connectivity index (χ0v) is 14.6. The Hall–Kier alpha value is -1.92. The zero-order valence-electron chi connectivity index (χ0n) is 14.6. The van der Waals surface area contributed by atoms with Crippen LogP contribution in [0.3, 0.4) is 0 Å². The summed E-state index contributed by atoms with van der Waals surface area (Å²) in [7, 11) is 1.64. The minimum Gasteiger partial charge on any atom is -0.385 e. The molecule has 24 heavy (non-hydrogen) atoms. The SMILES string of the molecule is CCN1CCN(C(=O)c2ccc(C(=O)NCCCOC)cc2)CC1. The van der Waals surface area contributed by atoms with Gasteiger partial charge >= 0.3 is 0 Å². The van der Waals surface area contributed by atoms with Gasteiger partial charge < -0.3 is 19.9 Å². The number of hydrogen-bond donors (Lipinski definition) is 1. The average molecular weight is 333 g/mol. The first-order valence-electron chi connectivity index (χ1n) is 8.54. The predicted molar refractivity (Wildman–Crippen MR) is 93.3 cm³/mol. The van der Waals surface area contributed by atoms with Crippen LogP contribution in [0, 0.1) is 0 Å². The van der Waals surface area contributed by atoms with Gasteiger partial charge in [0.15, 0.2) is 0 Å². The number of methoxy groups -OCH3 is 1. The number of amides is 2. The lowest BCUT2D eigenvalue weighted by Crippen LogP contribution is -2.48. The van der Waals surface area contributed by atoms with Crippen LogP contribution in [0.1, 0.15) is 34.1 Å². The minimum absolute atomic E-state index is 0.0396. The van der Waals surface area contributed by atoms with Gasteiger partial charge in [0.1, 0.15) is 0 Å². The van der Waals surface area contributed by atoms with Crippen LogP contribution in [-0.4, -0.2) is 74.6 Å². The van der Waals surface area contributed by atoms with E-state index in [1.807, 2.05) is 4.90 Å². The van der Waals surface area contributed by atoms with Crippen molar-refractivity contribution in [2.75, 3.05) is 53.0 Å². The minimum atomic E-state index is -0.123. The van der Waals surface area contributed by atoms with Crippen molar-refractivity contribution in [2.45, 2.75) is 13.3 Å². The Morgan fingerprint density at radius 1 is 1.08 bits per heavy atom. The number of carbonyl (C=O) groups is 2. The molecule has 0 aromatic heterocycles. The molecule has 1 fully saturated rings. The first-order valence-corrected chi connectivity index (χ1v) is 8.54. The van der Waals surface area contributed by atoms with E-state index in [1.54, 1.807) is 31.4 Å². The van der Waals surface area contributed by atoms with E-state index in [0.717, 1.165) is 39.1 Å². The second-order valence-electron chi connectivity index (χ2n) is 5.91. The van der Waals surface area contributed by atoms with E-state index in [-0.39, 0.29) is 11.8 Å². The molecule has 0 atom stereocenters. The smallest absolute Gasteiger partial charge is 0.253 e. The highest BCUT2D eigenvalue weighted by atomic mass is 16.5. The maximum atomic E-state index is 12.5. The topological polar surface area (TPSA) is 61.9 Å². The maximum Gasteiger partial charge on any atom is 0.253 e. The van der Waals surface area contributed by atoms with E-state index in [0.29, 0.717) is 24.3 Å². The van der Waals surface area contributed by atoms with Crippen LogP contribution in [0.4, 0.5) is 0 Å². The molecule has 132 valence electrons. The summed E-state index contributed by atoms with van der Waals surface area (Å²) in [5.41, 5.74) is 1.20. The number of ether oxygens (including phenoxy) is 1. The number of likely N-dealkylation sites (N-methyl/N-ethyl adjacent to an activating group) is 1. The van der Waals surface area contributed by atoms with Gasteiger partial charge in [-0.3, -0.25) is 9.59 Å². The van der Waals surface area contributed by atoms with Crippen molar-refractivity contribution in [1.82, 2.24) is 15.1 Å². The zero-order chi connectivity index (χ0) is 17.4. The monoisotopic (exact) mass is 333 g/mol. The number of hydrogen-bond acceptors (Lipinski definition) is 4. The van der Waals surface area contributed by atoms with E-state index in [9.17, 15) is 9.59 Å². The quantitative estimate of drug-likeness (QED) is 0.763. The van der Waals surface area contributed by atoms with Crippen molar-refractivity contribution >= 4 is 11.8 Å². The molecule has 6 nitrogen and oxygen atoms in total. The summed E-state index contributed by atoms with van der Waals surface area (Å²) in [6.07, 6.45) is 0.780. The molecule has 0 radical (unpaired) electrons. The standard InChI is InChI=1S/C18H27N3O3/c1-3-20-10-12-21(13-11-20)18(23)16-7-5-15(6-8-16)17(22)19-9-4-14-24-2/h5-8H,3-4,9-14H2,1-2H3,(H,19,22). The summed E-state index contributed by atoms with van der Waals surface area (Å²) in [6, 6.07) is 6.89. The summed E-state index contributed by atoms with van der Waals surface area (Å²) in [5.74, 6) is -0.0838. The summed E-state index contributed by atoms with van der Waals surface area (Å²) >= 11 is 0. The highest BCUT2D eigenvalue weighted by Gasteiger charge is 2.21. The van der Waals surface area contributed by atoms with Crippen molar-refractivity contribution in [1.29, 1.82) is 0 Å². The first kappa shape index (κ1) is 18.4. The molecule has 1 saturated heterocycles. The Kier molecular flexibility index (Phi) is 7.21. The van der Waals surface area contributed by atoms with Crippen LogP contribution >= 0.6 is 0 Å². The van der Waals surface area contributed by atoms with E-state index in [1.165, 1.54) is 0 Å². The van der Waals surface area contributed by atoms with Crippen molar-refractivity contribution in [2.24, 2.45) is 0 Å². The Morgan fingerprint density at radius 2 is 1.71 bits per heavy atom. The summed E-state index contributed by atoms with van der Waals surface area (Å²) in [5, 5.41) is 2.84. The molecule has 0 spiro atoms. The van der Waals surface area contributed by atoms with E-state index in [4.69, 9.17) is 4.74 Å². The predicted octanol–water partition coefficient (Wildman–Crippen LogP) is 1.23. The summed E-state index contributed by atoms with van der Waals surface area (Å²) in [6.45, 7) is 7.72. The highest BCUT2D eigenvalue weighted by molar-refractivity contribution is 5.97. The molecule has 1 heterocycles. The molecule has 0 bridgehead atoms. The Bertz CT molecular complexity index is 537. The highest BCUT2D eigenvalue weighted by Crippen LogP contribution is 2.10. The van der Waals surface area contributed by atoms with E-state index in [2.05, 4.69) is 17.1 Å². The third-order valence-corrected chi connectivity index (χ3v) is 4.31. The Balaban J connectivity index is 1.87. The second-order valence-corrected chi connectivity index (χ2v) is 5.91. The summed E-state index contributed by atoms with van der Waals surface area (Å²) < 4.78 is 4.95. The van der Waals surface area contributed by atoms with Gasteiger partial charge in [-0.05, 0) is 37.2 Å².